The van der Waals surface area contributed by atoms with E-state index in [9.17, 15) is 0 Å². The predicted molar refractivity (Wildman–Crippen MR) is 69.6 cm³/mol. The molecular weight excluding hydrogens is 238 g/mol. The Morgan fingerprint density at radius 3 is 2.94 bits per heavy atom. The van der Waals surface area contributed by atoms with Crippen LogP contribution in [-0.2, 0) is 4.74 Å². The summed E-state index contributed by atoms with van der Waals surface area (Å²) in [6, 6.07) is 8.66. The van der Waals surface area contributed by atoms with Crippen LogP contribution in [0.15, 0.2) is 34.9 Å². The Bertz CT molecular complexity index is 489. The van der Waals surface area contributed by atoms with Crippen LogP contribution in [0.1, 0.15) is 18.6 Å². The second kappa shape index (κ2) is 5.08. The van der Waals surface area contributed by atoms with E-state index in [0.717, 1.165) is 24.1 Å². The molecule has 0 amide bonds. The Hall–Kier alpha value is -1.03. The van der Waals surface area contributed by atoms with Gasteiger partial charge in [-0.1, -0.05) is 6.07 Å². The molecule has 0 aliphatic carbocycles. The number of benzene rings is 1. The summed E-state index contributed by atoms with van der Waals surface area (Å²) in [6.45, 7) is 3.79. The van der Waals surface area contributed by atoms with Crippen molar-refractivity contribution in [3.63, 3.8) is 0 Å². The third-order valence-electron chi connectivity index (χ3n) is 3.05. The largest absolute Gasteiger partial charge is 0.464 e. The number of furan rings is 1. The van der Waals surface area contributed by atoms with Gasteiger partial charge < -0.3 is 14.5 Å². The lowest BCUT2D eigenvalue weighted by atomic mass is 10.1. The fourth-order valence-electron chi connectivity index (χ4n) is 2.09. The molecule has 3 nitrogen and oxygen atoms in total. The number of morpholine rings is 1. The lowest BCUT2D eigenvalue weighted by Gasteiger charge is -2.28. The molecule has 0 saturated carbocycles. The monoisotopic (exact) mass is 253 g/mol. The van der Waals surface area contributed by atoms with Crippen molar-refractivity contribution in [2.75, 3.05) is 13.2 Å². The Morgan fingerprint density at radius 2 is 2.18 bits per heavy atom. The molecule has 0 bridgehead atoms. The molecule has 1 N–H and O–H groups in total. The highest BCUT2D eigenvalue weighted by molar-refractivity contribution is 5.85. The molecule has 4 heteroatoms. The molecule has 0 spiro atoms. The molecule has 1 aromatic carbocycles. The lowest BCUT2D eigenvalue weighted by molar-refractivity contribution is 0.00702. The summed E-state index contributed by atoms with van der Waals surface area (Å²) in [4.78, 5) is 0. The fraction of sp³-hybridized carbons (Fsp3) is 0.385. The molecule has 2 heterocycles. The third kappa shape index (κ3) is 2.46. The van der Waals surface area contributed by atoms with Gasteiger partial charge in [0.25, 0.3) is 0 Å². The van der Waals surface area contributed by atoms with Crippen LogP contribution in [0.3, 0.4) is 0 Å². The van der Waals surface area contributed by atoms with Gasteiger partial charge in [-0.15, -0.1) is 12.4 Å². The highest BCUT2D eigenvalue weighted by Crippen LogP contribution is 2.24. The molecule has 0 radical (unpaired) electrons. The van der Waals surface area contributed by atoms with E-state index in [1.165, 1.54) is 5.56 Å². The topological polar surface area (TPSA) is 34.4 Å². The SMILES string of the molecule is CC1COC(c2ccc3occc3c2)CN1.Cl. The minimum Gasteiger partial charge on any atom is -0.464 e. The number of hydrogen-bond donors (Lipinski definition) is 1. The van der Waals surface area contributed by atoms with E-state index in [4.69, 9.17) is 9.15 Å². The van der Waals surface area contributed by atoms with Gasteiger partial charge in [0, 0.05) is 18.0 Å². The van der Waals surface area contributed by atoms with Crippen molar-refractivity contribution in [1.29, 1.82) is 0 Å². The molecule has 1 saturated heterocycles. The Balaban J connectivity index is 0.00000108. The average Bonchev–Trinajstić information content (AvgIpc) is 2.77. The van der Waals surface area contributed by atoms with Gasteiger partial charge in [0.1, 0.15) is 5.58 Å². The molecule has 2 unspecified atom stereocenters. The van der Waals surface area contributed by atoms with Gasteiger partial charge in [0.2, 0.25) is 0 Å². The number of halogens is 1. The first kappa shape index (κ1) is 12.4. The van der Waals surface area contributed by atoms with Gasteiger partial charge in [-0.05, 0) is 30.7 Å². The minimum absolute atomic E-state index is 0. The van der Waals surface area contributed by atoms with E-state index in [-0.39, 0.29) is 18.5 Å². The first-order chi connectivity index (χ1) is 7.83. The molecule has 17 heavy (non-hydrogen) atoms. The number of rotatable bonds is 1. The summed E-state index contributed by atoms with van der Waals surface area (Å²) in [5, 5.41) is 4.56. The van der Waals surface area contributed by atoms with Crippen molar-refractivity contribution < 1.29 is 9.15 Å². The average molecular weight is 254 g/mol. The van der Waals surface area contributed by atoms with Crippen molar-refractivity contribution in [2.45, 2.75) is 19.1 Å². The Kier molecular flexibility index (Phi) is 3.72. The molecule has 1 aromatic heterocycles. The first-order valence-corrected chi connectivity index (χ1v) is 5.65. The number of ether oxygens (including phenoxy) is 1. The van der Waals surface area contributed by atoms with Crippen molar-refractivity contribution in [1.82, 2.24) is 5.32 Å². The van der Waals surface area contributed by atoms with Gasteiger partial charge in [-0.3, -0.25) is 0 Å². The van der Waals surface area contributed by atoms with Crippen LogP contribution >= 0.6 is 12.4 Å². The number of nitrogens with one attached hydrogen (secondary N) is 1. The lowest BCUT2D eigenvalue weighted by Crippen LogP contribution is -2.40. The highest BCUT2D eigenvalue weighted by Gasteiger charge is 2.19. The maximum Gasteiger partial charge on any atom is 0.133 e. The van der Waals surface area contributed by atoms with Crippen molar-refractivity contribution >= 4 is 23.4 Å². The second-order valence-electron chi connectivity index (χ2n) is 4.35. The Labute approximate surface area is 107 Å². The van der Waals surface area contributed by atoms with E-state index in [1.807, 2.05) is 12.1 Å². The van der Waals surface area contributed by atoms with E-state index in [2.05, 4.69) is 24.4 Å². The normalized spacial score (nSPS) is 24.5. The molecule has 1 aliphatic rings. The molecule has 1 aliphatic heterocycles. The molecule has 1 fully saturated rings. The smallest absolute Gasteiger partial charge is 0.133 e. The quantitative estimate of drug-likeness (QED) is 0.849. The Morgan fingerprint density at radius 1 is 1.29 bits per heavy atom. The van der Waals surface area contributed by atoms with E-state index in [1.54, 1.807) is 6.26 Å². The maximum absolute atomic E-state index is 5.81. The van der Waals surface area contributed by atoms with Crippen LogP contribution < -0.4 is 5.32 Å². The summed E-state index contributed by atoms with van der Waals surface area (Å²) in [5.41, 5.74) is 2.15. The summed E-state index contributed by atoms with van der Waals surface area (Å²) in [6.07, 6.45) is 1.88. The zero-order valence-corrected chi connectivity index (χ0v) is 10.5. The van der Waals surface area contributed by atoms with Gasteiger partial charge in [0.05, 0.1) is 19.0 Å². The van der Waals surface area contributed by atoms with Gasteiger partial charge >= 0.3 is 0 Å². The minimum atomic E-state index is 0. The molecule has 2 aromatic rings. The fourth-order valence-corrected chi connectivity index (χ4v) is 2.09. The molecular formula is C13H16ClNO2. The zero-order valence-electron chi connectivity index (χ0n) is 9.68. The summed E-state index contributed by atoms with van der Waals surface area (Å²) in [5.74, 6) is 0. The van der Waals surface area contributed by atoms with Gasteiger partial charge in [0.15, 0.2) is 0 Å². The molecule has 92 valence electrons. The third-order valence-corrected chi connectivity index (χ3v) is 3.05. The second-order valence-corrected chi connectivity index (χ2v) is 4.35. The maximum atomic E-state index is 5.81. The highest BCUT2D eigenvalue weighted by atomic mass is 35.5. The van der Waals surface area contributed by atoms with Crippen molar-refractivity contribution in [2.24, 2.45) is 0 Å². The van der Waals surface area contributed by atoms with E-state index < -0.39 is 0 Å². The first-order valence-electron chi connectivity index (χ1n) is 5.65. The molecule has 2 atom stereocenters. The van der Waals surface area contributed by atoms with Crippen LogP contribution in [0, 0.1) is 0 Å². The van der Waals surface area contributed by atoms with Crippen molar-refractivity contribution in [3.8, 4) is 0 Å². The number of hydrogen-bond acceptors (Lipinski definition) is 3. The molecule has 3 rings (SSSR count). The van der Waals surface area contributed by atoms with Crippen LogP contribution in [0.4, 0.5) is 0 Å². The van der Waals surface area contributed by atoms with E-state index in [0.29, 0.717) is 6.04 Å². The summed E-state index contributed by atoms with van der Waals surface area (Å²) >= 11 is 0. The van der Waals surface area contributed by atoms with Crippen LogP contribution in [-0.4, -0.2) is 19.2 Å². The predicted octanol–water partition coefficient (Wildman–Crippen LogP) is 2.90. The van der Waals surface area contributed by atoms with Gasteiger partial charge in [-0.2, -0.15) is 0 Å². The number of fused-ring (bicyclic) bond motifs is 1. The van der Waals surface area contributed by atoms with Crippen molar-refractivity contribution in [3.05, 3.63) is 36.1 Å². The summed E-state index contributed by atoms with van der Waals surface area (Å²) in [7, 11) is 0. The van der Waals surface area contributed by atoms with Crippen LogP contribution in [0.5, 0.6) is 0 Å². The van der Waals surface area contributed by atoms with Crippen LogP contribution in [0.25, 0.3) is 11.0 Å². The van der Waals surface area contributed by atoms with E-state index >= 15 is 0 Å². The zero-order chi connectivity index (χ0) is 11.0. The van der Waals surface area contributed by atoms with Gasteiger partial charge in [-0.25, -0.2) is 0 Å². The summed E-state index contributed by atoms with van der Waals surface area (Å²) < 4.78 is 11.1. The van der Waals surface area contributed by atoms with Crippen LogP contribution in [0.2, 0.25) is 0 Å². The standard InChI is InChI=1S/C13H15NO2.ClH/c1-9-8-16-13(7-14-9)10-2-3-12-11(6-10)4-5-15-12;/h2-6,9,13-14H,7-8H2,1H3;1H.